The van der Waals surface area contributed by atoms with Gasteiger partial charge in [-0.3, -0.25) is 4.79 Å². The van der Waals surface area contributed by atoms with E-state index in [9.17, 15) is 44.3 Å². The average Bonchev–Trinajstić information content (AvgIpc) is 2.53. The molecule has 0 bridgehead atoms. The van der Waals surface area contributed by atoms with Gasteiger partial charge in [-0.25, -0.2) is 0 Å². The lowest BCUT2D eigenvalue weighted by Crippen LogP contribution is -2.63. The maximum Gasteiger partial charge on any atom is 0.514 e. The molecular formula is C11H15F9O4SSi. The van der Waals surface area contributed by atoms with E-state index >= 15 is 0 Å². The van der Waals surface area contributed by atoms with Crippen LogP contribution in [0.2, 0.25) is 0 Å². The summed E-state index contributed by atoms with van der Waals surface area (Å²) in [5.74, 6) is -20.5. The van der Waals surface area contributed by atoms with E-state index in [-0.39, 0.29) is 6.42 Å². The Balaban J connectivity index is 5.84. The van der Waals surface area contributed by atoms with Gasteiger partial charge in [-0.05, 0) is 6.42 Å². The maximum absolute atomic E-state index is 13.6. The number of carbonyl (C=O) groups is 1. The van der Waals surface area contributed by atoms with Crippen molar-refractivity contribution in [2.75, 3.05) is 21.3 Å². The molecule has 0 aromatic carbocycles. The van der Waals surface area contributed by atoms with Crippen molar-refractivity contribution in [3.63, 3.8) is 0 Å². The molecule has 0 spiro atoms. The van der Waals surface area contributed by atoms with E-state index in [1.807, 2.05) is 0 Å². The van der Waals surface area contributed by atoms with E-state index in [0.29, 0.717) is 0 Å². The number of alkyl halides is 9. The van der Waals surface area contributed by atoms with Crippen LogP contribution in [0.15, 0.2) is 0 Å². The predicted molar refractivity (Wildman–Crippen MR) is 74.4 cm³/mol. The lowest BCUT2D eigenvalue weighted by atomic mass is 10.1. The second-order valence-electron chi connectivity index (χ2n) is 4.74. The Morgan fingerprint density at radius 2 is 1.27 bits per heavy atom. The van der Waals surface area contributed by atoms with Crippen LogP contribution in [-0.2, 0) is 18.1 Å². The van der Waals surface area contributed by atoms with Crippen molar-refractivity contribution in [1.29, 1.82) is 0 Å². The van der Waals surface area contributed by atoms with E-state index in [1.165, 1.54) is 6.92 Å². The highest BCUT2D eigenvalue weighted by Crippen LogP contribution is 2.54. The minimum atomic E-state index is -7.14. The first-order valence-electron chi connectivity index (χ1n) is 6.59. The van der Waals surface area contributed by atoms with Gasteiger partial charge >= 0.3 is 32.7 Å². The van der Waals surface area contributed by atoms with Crippen LogP contribution in [0.4, 0.5) is 39.5 Å². The summed E-state index contributed by atoms with van der Waals surface area (Å²) < 4.78 is 130. The third kappa shape index (κ3) is 4.15. The quantitative estimate of drug-likeness (QED) is 0.400. The molecule has 0 aromatic heterocycles. The smallest absolute Gasteiger partial charge is 0.376 e. The van der Waals surface area contributed by atoms with E-state index in [0.717, 1.165) is 21.3 Å². The number of halogens is 9. The first-order chi connectivity index (χ1) is 11.5. The Labute approximate surface area is 147 Å². The number of carbonyl (C=O) groups excluding carboxylic acids is 1. The van der Waals surface area contributed by atoms with E-state index in [4.69, 9.17) is 13.3 Å². The summed E-state index contributed by atoms with van der Waals surface area (Å²) in [6.45, 7) is 1.28. The average molecular weight is 442 g/mol. The van der Waals surface area contributed by atoms with Crippen LogP contribution < -0.4 is 0 Å². The maximum atomic E-state index is 13.6. The highest BCUT2D eigenvalue weighted by molar-refractivity contribution is 8.15. The summed E-state index contributed by atoms with van der Waals surface area (Å²) in [7, 11) is -0.883. The van der Waals surface area contributed by atoms with Crippen LogP contribution in [0.1, 0.15) is 13.3 Å². The number of rotatable bonds is 9. The van der Waals surface area contributed by atoms with Crippen LogP contribution in [0.5, 0.6) is 0 Å². The Hall–Kier alpha value is -0.513. The standard InChI is InChI=1S/C11H15F9O4SSi/c1-5-6(26(22-2,23-3)24-4)25-7(21)8(12,13)9(14,15)10(16,17)11(18,19)20/h6H,5H2,1-4H3. The Morgan fingerprint density at radius 3 is 1.54 bits per heavy atom. The molecule has 0 amide bonds. The summed E-state index contributed by atoms with van der Waals surface area (Å²) in [4.78, 5) is 10.1. The van der Waals surface area contributed by atoms with E-state index in [2.05, 4.69) is 0 Å². The van der Waals surface area contributed by atoms with E-state index < -0.39 is 54.5 Å². The second kappa shape index (κ2) is 8.24. The zero-order chi connectivity index (χ0) is 21.2. The first-order valence-corrected chi connectivity index (χ1v) is 9.27. The summed E-state index contributed by atoms with van der Waals surface area (Å²) in [6, 6.07) is 0. The minimum absolute atomic E-state index is 0.241. The van der Waals surface area contributed by atoms with Crippen LogP contribution >= 0.6 is 11.8 Å². The lowest BCUT2D eigenvalue weighted by molar-refractivity contribution is -0.387. The zero-order valence-electron chi connectivity index (χ0n) is 13.7. The van der Waals surface area contributed by atoms with Crippen molar-refractivity contribution in [3.05, 3.63) is 0 Å². The molecule has 1 unspecified atom stereocenters. The molecule has 0 fully saturated rings. The van der Waals surface area contributed by atoms with Gasteiger partial charge < -0.3 is 13.3 Å². The molecule has 0 rings (SSSR count). The molecule has 0 N–H and O–H groups in total. The molecule has 156 valence electrons. The fourth-order valence-electron chi connectivity index (χ4n) is 1.76. The minimum Gasteiger partial charge on any atom is -0.376 e. The van der Waals surface area contributed by atoms with Gasteiger partial charge in [0.1, 0.15) is 0 Å². The summed E-state index contributed by atoms with van der Waals surface area (Å²) in [6.07, 6.45) is -7.24. The molecule has 0 aromatic rings. The monoisotopic (exact) mass is 442 g/mol. The van der Waals surface area contributed by atoms with Crippen LogP contribution in [0.3, 0.4) is 0 Å². The number of hydrogen-bond acceptors (Lipinski definition) is 5. The Bertz CT molecular complexity index is 488. The van der Waals surface area contributed by atoms with Crippen LogP contribution in [0, 0.1) is 0 Å². The van der Waals surface area contributed by atoms with Gasteiger partial charge in [-0.1, -0.05) is 18.7 Å². The molecule has 0 heterocycles. The van der Waals surface area contributed by atoms with Gasteiger partial charge in [0.25, 0.3) is 5.12 Å². The fourth-order valence-corrected chi connectivity index (χ4v) is 6.01. The van der Waals surface area contributed by atoms with Crippen molar-refractivity contribution >= 4 is 25.7 Å². The largest absolute Gasteiger partial charge is 0.514 e. The molecule has 0 saturated heterocycles. The Kier molecular flexibility index (Phi) is 8.08. The molecule has 0 aliphatic heterocycles. The molecule has 4 nitrogen and oxygen atoms in total. The number of hydrogen-bond donors (Lipinski definition) is 0. The molecule has 1 atom stereocenters. The topological polar surface area (TPSA) is 44.8 Å². The molecule has 0 aliphatic rings. The SMILES string of the molecule is CCC(SC(=O)C(F)(F)C(F)(F)C(F)(F)C(F)(F)F)[Si](OC)(OC)OC. The highest BCUT2D eigenvalue weighted by Gasteiger charge is 2.83. The Morgan fingerprint density at radius 1 is 0.885 bits per heavy atom. The highest BCUT2D eigenvalue weighted by atomic mass is 32.2. The van der Waals surface area contributed by atoms with Crippen LogP contribution in [-0.4, -0.2) is 64.1 Å². The molecule has 0 radical (unpaired) electrons. The van der Waals surface area contributed by atoms with Crippen molar-refractivity contribution in [1.82, 2.24) is 0 Å². The van der Waals surface area contributed by atoms with Crippen molar-refractivity contribution in [2.45, 2.75) is 42.2 Å². The molecular weight excluding hydrogens is 427 g/mol. The molecule has 0 saturated carbocycles. The van der Waals surface area contributed by atoms with Crippen molar-refractivity contribution < 1.29 is 57.6 Å². The van der Waals surface area contributed by atoms with E-state index in [1.54, 1.807) is 0 Å². The molecule has 26 heavy (non-hydrogen) atoms. The van der Waals surface area contributed by atoms with Gasteiger partial charge in [-0.15, -0.1) is 0 Å². The molecule has 15 heteroatoms. The summed E-state index contributed by atoms with van der Waals surface area (Å²) >= 11 is -0.597. The van der Waals surface area contributed by atoms with Crippen molar-refractivity contribution in [2.24, 2.45) is 0 Å². The van der Waals surface area contributed by atoms with Gasteiger partial charge in [0.2, 0.25) is 0 Å². The van der Waals surface area contributed by atoms with Crippen molar-refractivity contribution in [3.8, 4) is 0 Å². The summed E-state index contributed by atoms with van der Waals surface area (Å²) in [5, 5.41) is -2.90. The van der Waals surface area contributed by atoms with Gasteiger partial charge in [-0.2, -0.15) is 39.5 Å². The first kappa shape index (κ1) is 25.5. The normalized spacial score (nSPS) is 15.9. The predicted octanol–water partition coefficient (Wildman–Crippen LogP) is 3.91. The summed E-state index contributed by atoms with van der Waals surface area (Å²) in [5.41, 5.74) is 0. The van der Waals surface area contributed by atoms with Gasteiger partial charge in [0, 0.05) is 21.3 Å². The fraction of sp³-hybridized carbons (Fsp3) is 0.909. The van der Waals surface area contributed by atoms with Gasteiger partial charge in [0.05, 0.1) is 4.87 Å². The second-order valence-corrected chi connectivity index (χ2v) is 9.46. The lowest BCUT2D eigenvalue weighted by Gasteiger charge is -2.34. The third-order valence-corrected chi connectivity index (χ3v) is 8.48. The van der Waals surface area contributed by atoms with Gasteiger partial charge in [0.15, 0.2) is 0 Å². The third-order valence-electron chi connectivity index (χ3n) is 3.27. The zero-order valence-corrected chi connectivity index (χ0v) is 15.5. The molecule has 0 aliphatic carbocycles. The number of thioether (sulfide) groups is 1. The van der Waals surface area contributed by atoms with Crippen LogP contribution in [0.25, 0.3) is 0 Å².